The maximum atomic E-state index is 10.3. The average Bonchev–Trinajstić information content (AvgIpc) is 2.04. The van der Waals surface area contributed by atoms with E-state index in [2.05, 4.69) is 0 Å². The Morgan fingerprint density at radius 3 is 2.08 bits per heavy atom. The summed E-state index contributed by atoms with van der Waals surface area (Å²) < 4.78 is 20.6. The molecular weight excluding hydrogens is 182 g/mol. The van der Waals surface area contributed by atoms with E-state index in [1.165, 1.54) is 12.1 Å². The van der Waals surface area contributed by atoms with Gasteiger partial charge in [-0.2, -0.15) is 0 Å². The van der Waals surface area contributed by atoms with Crippen LogP contribution in [0.1, 0.15) is 0 Å². The lowest BCUT2D eigenvalue weighted by atomic mass is 10.3. The topological polar surface area (TPSA) is 83.3 Å². The molecule has 1 unspecified atom stereocenters. The predicted octanol–water partition coefficient (Wildman–Crippen LogP) is 0.833. The summed E-state index contributed by atoms with van der Waals surface area (Å²) in [6.45, 7) is 0. The average molecular weight is 186 g/mol. The largest absolute Gasteiger partial charge is 0.768 e. The van der Waals surface area contributed by atoms with Crippen LogP contribution in [0, 0.1) is 10.1 Å². The Hall–Kier alpha value is -1.27. The number of benzene rings is 1. The van der Waals surface area contributed by atoms with Crippen molar-refractivity contribution in [3.8, 4) is 0 Å². The first-order chi connectivity index (χ1) is 5.61. The molecule has 0 N–H and O–H groups in total. The van der Waals surface area contributed by atoms with Crippen LogP contribution in [-0.4, -0.2) is 13.7 Å². The Kier molecular flexibility index (Phi) is 2.51. The number of rotatable bonds is 2. The summed E-state index contributed by atoms with van der Waals surface area (Å²) >= 11 is -2.32. The van der Waals surface area contributed by atoms with Crippen molar-refractivity contribution in [2.75, 3.05) is 0 Å². The minimum atomic E-state index is -2.32. The fourth-order valence-electron chi connectivity index (χ4n) is 0.679. The van der Waals surface area contributed by atoms with Crippen LogP contribution in [0.15, 0.2) is 29.2 Å². The van der Waals surface area contributed by atoms with Crippen molar-refractivity contribution in [2.45, 2.75) is 4.90 Å². The van der Waals surface area contributed by atoms with E-state index in [0.717, 1.165) is 12.1 Å². The summed E-state index contributed by atoms with van der Waals surface area (Å²) in [6.07, 6.45) is 0. The summed E-state index contributed by atoms with van der Waals surface area (Å²) in [4.78, 5) is 9.59. The molecule has 0 aliphatic heterocycles. The molecule has 0 saturated carbocycles. The molecule has 0 aliphatic carbocycles. The Morgan fingerprint density at radius 1 is 1.25 bits per heavy atom. The highest BCUT2D eigenvalue weighted by Gasteiger charge is 2.03. The molecule has 1 aromatic rings. The third-order valence-electron chi connectivity index (χ3n) is 1.24. The molecule has 0 aliphatic rings. The lowest BCUT2D eigenvalue weighted by Crippen LogP contribution is -1.90. The van der Waals surface area contributed by atoms with E-state index in [1.807, 2.05) is 0 Å². The molecule has 0 amide bonds. The van der Waals surface area contributed by atoms with Crippen molar-refractivity contribution in [2.24, 2.45) is 0 Å². The Balaban J connectivity index is 3.01. The highest BCUT2D eigenvalue weighted by molar-refractivity contribution is 7.79. The van der Waals surface area contributed by atoms with Crippen LogP contribution in [0.5, 0.6) is 0 Å². The minimum absolute atomic E-state index is 0.0422. The monoisotopic (exact) mass is 186 g/mol. The van der Waals surface area contributed by atoms with Gasteiger partial charge in [0.2, 0.25) is 0 Å². The van der Waals surface area contributed by atoms with E-state index in [4.69, 9.17) is 0 Å². The van der Waals surface area contributed by atoms with Crippen LogP contribution in [0.2, 0.25) is 0 Å². The molecule has 0 spiro atoms. The summed E-state index contributed by atoms with van der Waals surface area (Å²) in [5.41, 5.74) is -0.121. The van der Waals surface area contributed by atoms with E-state index < -0.39 is 16.0 Å². The van der Waals surface area contributed by atoms with Crippen LogP contribution in [0.25, 0.3) is 0 Å². The van der Waals surface area contributed by atoms with Gasteiger partial charge >= 0.3 is 0 Å². The number of hydrogen-bond acceptors (Lipinski definition) is 4. The van der Waals surface area contributed by atoms with Gasteiger partial charge in [-0.1, -0.05) is 0 Å². The van der Waals surface area contributed by atoms with Gasteiger partial charge in [0.15, 0.2) is 0 Å². The zero-order valence-electron chi connectivity index (χ0n) is 5.80. The first-order valence-electron chi connectivity index (χ1n) is 2.95. The van der Waals surface area contributed by atoms with Crippen molar-refractivity contribution < 1.29 is 13.7 Å². The molecule has 0 saturated heterocycles. The summed E-state index contributed by atoms with van der Waals surface area (Å²) in [7, 11) is 0. The second-order valence-electron chi connectivity index (χ2n) is 1.99. The standard InChI is InChI=1S/C6H5NO4S/c8-7(9)5-1-3-6(4-2-5)12(10)11/h1-4H,(H,10,11)/p-1. The quantitative estimate of drug-likeness (QED) is 0.389. The van der Waals surface area contributed by atoms with Gasteiger partial charge in [0.25, 0.3) is 5.69 Å². The Labute approximate surface area is 70.5 Å². The van der Waals surface area contributed by atoms with Crippen molar-refractivity contribution in [1.82, 2.24) is 0 Å². The van der Waals surface area contributed by atoms with Crippen molar-refractivity contribution in [3.05, 3.63) is 34.4 Å². The molecular formula is C6H4NO4S-. The molecule has 1 rings (SSSR count). The van der Waals surface area contributed by atoms with Gasteiger partial charge in [0, 0.05) is 17.0 Å². The lowest BCUT2D eigenvalue weighted by Gasteiger charge is -2.02. The Bertz CT molecular complexity index is 288. The normalized spacial score (nSPS) is 12.4. The van der Waals surface area contributed by atoms with Gasteiger partial charge in [-0.15, -0.1) is 0 Å². The van der Waals surface area contributed by atoms with Crippen molar-refractivity contribution in [1.29, 1.82) is 0 Å². The first-order valence-corrected chi connectivity index (χ1v) is 4.02. The molecule has 1 atom stereocenters. The van der Waals surface area contributed by atoms with Crippen LogP contribution in [-0.2, 0) is 11.1 Å². The van der Waals surface area contributed by atoms with Crippen LogP contribution in [0.4, 0.5) is 5.69 Å². The number of hydrogen-bond donors (Lipinski definition) is 0. The third kappa shape index (κ3) is 1.86. The number of nitro groups is 1. The Morgan fingerprint density at radius 2 is 1.75 bits per heavy atom. The molecule has 0 radical (unpaired) electrons. The fraction of sp³-hybridized carbons (Fsp3) is 0. The third-order valence-corrected chi connectivity index (χ3v) is 1.90. The van der Waals surface area contributed by atoms with Gasteiger partial charge in [-0.05, 0) is 23.2 Å². The van der Waals surface area contributed by atoms with E-state index in [9.17, 15) is 18.9 Å². The second kappa shape index (κ2) is 3.42. The zero-order valence-corrected chi connectivity index (χ0v) is 6.61. The fourth-order valence-corrected chi connectivity index (χ4v) is 1.04. The van der Waals surface area contributed by atoms with Gasteiger partial charge in [0.05, 0.1) is 4.92 Å². The minimum Gasteiger partial charge on any atom is -0.768 e. The molecule has 12 heavy (non-hydrogen) atoms. The molecule has 6 heteroatoms. The summed E-state index contributed by atoms with van der Waals surface area (Å²) in [5, 5.41) is 10.1. The van der Waals surface area contributed by atoms with E-state index in [0.29, 0.717) is 0 Å². The maximum absolute atomic E-state index is 10.3. The number of non-ortho nitro benzene ring substituents is 1. The first kappa shape index (κ1) is 8.82. The van der Waals surface area contributed by atoms with Gasteiger partial charge in [-0.3, -0.25) is 14.3 Å². The molecule has 0 bridgehead atoms. The highest BCUT2D eigenvalue weighted by Crippen LogP contribution is 2.13. The van der Waals surface area contributed by atoms with E-state index >= 15 is 0 Å². The second-order valence-corrected chi connectivity index (χ2v) is 2.93. The smallest absolute Gasteiger partial charge is 0.269 e. The number of nitro benzene ring substituents is 1. The lowest BCUT2D eigenvalue weighted by molar-refractivity contribution is -0.384. The van der Waals surface area contributed by atoms with Crippen molar-refractivity contribution >= 4 is 16.8 Å². The molecule has 1 aromatic carbocycles. The molecule has 0 heterocycles. The molecule has 64 valence electrons. The zero-order chi connectivity index (χ0) is 9.14. The SMILES string of the molecule is O=[N+]([O-])c1ccc(S(=O)[O-])cc1. The molecule has 0 aromatic heterocycles. The van der Waals surface area contributed by atoms with E-state index in [-0.39, 0.29) is 10.6 Å². The van der Waals surface area contributed by atoms with Gasteiger partial charge in [-0.25, -0.2) is 0 Å². The van der Waals surface area contributed by atoms with Crippen molar-refractivity contribution in [3.63, 3.8) is 0 Å². The molecule has 0 fully saturated rings. The molecule has 5 nitrogen and oxygen atoms in total. The predicted molar refractivity (Wildman–Crippen MR) is 40.3 cm³/mol. The van der Waals surface area contributed by atoms with Crippen LogP contribution in [0.3, 0.4) is 0 Å². The van der Waals surface area contributed by atoms with Crippen LogP contribution >= 0.6 is 0 Å². The summed E-state index contributed by atoms with van der Waals surface area (Å²) in [5.74, 6) is 0. The van der Waals surface area contributed by atoms with Gasteiger partial charge < -0.3 is 4.55 Å². The van der Waals surface area contributed by atoms with E-state index in [1.54, 1.807) is 0 Å². The summed E-state index contributed by atoms with van der Waals surface area (Å²) in [6, 6.07) is 4.65. The highest BCUT2D eigenvalue weighted by atomic mass is 32.2. The maximum Gasteiger partial charge on any atom is 0.269 e. The van der Waals surface area contributed by atoms with Crippen LogP contribution < -0.4 is 0 Å². The van der Waals surface area contributed by atoms with Gasteiger partial charge in [0.1, 0.15) is 0 Å². The number of nitrogens with zero attached hydrogens (tertiary/aromatic N) is 1.